The number of aryl methyl sites for hydroxylation is 2. The van der Waals surface area contributed by atoms with Crippen molar-refractivity contribution < 1.29 is 4.79 Å². The number of fused-ring (bicyclic) bond motifs is 1. The molecule has 2 heterocycles. The Morgan fingerprint density at radius 1 is 1.07 bits per heavy atom. The van der Waals surface area contributed by atoms with E-state index < -0.39 is 11.3 Å². The first-order valence-electron chi connectivity index (χ1n) is 8.45. The molecule has 0 atom stereocenters. The van der Waals surface area contributed by atoms with Crippen LogP contribution in [-0.2, 0) is 7.05 Å². The highest BCUT2D eigenvalue weighted by Crippen LogP contribution is 2.17. The van der Waals surface area contributed by atoms with E-state index in [1.807, 2.05) is 0 Å². The normalized spacial score (nSPS) is 11.1. The van der Waals surface area contributed by atoms with E-state index in [9.17, 15) is 14.4 Å². The van der Waals surface area contributed by atoms with Crippen molar-refractivity contribution in [3.8, 4) is 5.69 Å². The maximum Gasteiger partial charge on any atom is 0.277 e. The van der Waals surface area contributed by atoms with Gasteiger partial charge in [0.15, 0.2) is 5.78 Å². The predicted octanol–water partition coefficient (Wildman–Crippen LogP) is 2.61. The van der Waals surface area contributed by atoms with Crippen LogP contribution in [0.15, 0.2) is 58.3 Å². The minimum Gasteiger partial charge on any atom is -0.302 e. The number of nitrogens with one attached hydrogen (secondary N) is 1. The van der Waals surface area contributed by atoms with Crippen molar-refractivity contribution >= 4 is 28.3 Å². The van der Waals surface area contributed by atoms with E-state index in [0.717, 1.165) is 0 Å². The van der Waals surface area contributed by atoms with Gasteiger partial charge in [-0.05, 0) is 49.4 Å². The summed E-state index contributed by atoms with van der Waals surface area (Å²) in [5.74, 6) is 0.0557. The lowest BCUT2D eigenvalue weighted by molar-refractivity contribution is 0.103. The number of carbonyl (C=O) groups excluding carboxylic acids is 1. The highest BCUT2D eigenvalue weighted by molar-refractivity contribution is 6.30. The minimum atomic E-state index is -0.457. The molecule has 0 radical (unpaired) electrons. The summed E-state index contributed by atoms with van der Waals surface area (Å²) in [6.45, 7) is 1.73. The third-order valence-electron chi connectivity index (χ3n) is 4.57. The summed E-state index contributed by atoms with van der Waals surface area (Å²) in [4.78, 5) is 42.4. The number of ketones is 1. The number of hydrogen-bond donors (Lipinski definition) is 1. The van der Waals surface area contributed by atoms with Crippen molar-refractivity contribution in [3.05, 3.63) is 91.3 Å². The van der Waals surface area contributed by atoms with Crippen LogP contribution in [0.5, 0.6) is 0 Å². The highest BCUT2D eigenvalue weighted by Gasteiger charge is 2.18. The molecule has 2 aromatic carbocycles. The topological polar surface area (TPSA) is 89.8 Å². The fraction of sp³-hybridized carbons (Fsp3) is 0.100. The summed E-state index contributed by atoms with van der Waals surface area (Å²) < 4.78 is 2.68. The van der Waals surface area contributed by atoms with Crippen molar-refractivity contribution in [3.63, 3.8) is 0 Å². The van der Waals surface area contributed by atoms with Gasteiger partial charge in [-0.15, -0.1) is 0 Å². The molecule has 0 fully saturated rings. The van der Waals surface area contributed by atoms with Crippen LogP contribution >= 0.6 is 11.6 Å². The highest BCUT2D eigenvalue weighted by atomic mass is 35.5. The molecule has 0 saturated heterocycles. The summed E-state index contributed by atoms with van der Waals surface area (Å²) in [6.07, 6.45) is 1.36. The molecule has 7 nitrogen and oxygen atoms in total. The second-order valence-electron chi connectivity index (χ2n) is 6.39. The molecule has 0 amide bonds. The molecule has 0 aliphatic carbocycles. The Kier molecular flexibility index (Phi) is 4.24. The Bertz CT molecular complexity index is 1350. The van der Waals surface area contributed by atoms with Crippen LogP contribution in [0.2, 0.25) is 5.02 Å². The van der Waals surface area contributed by atoms with Gasteiger partial charge in [0.1, 0.15) is 11.4 Å². The van der Waals surface area contributed by atoms with Gasteiger partial charge < -0.3 is 5.10 Å². The van der Waals surface area contributed by atoms with Gasteiger partial charge in [-0.3, -0.25) is 23.6 Å². The summed E-state index contributed by atoms with van der Waals surface area (Å²) >= 11 is 5.93. The van der Waals surface area contributed by atoms with Crippen molar-refractivity contribution in [1.29, 1.82) is 0 Å². The third kappa shape index (κ3) is 2.86. The SMILES string of the molecule is Cc1nc2ccc(C(=O)c3c[nH]n(C)c3=O)cc2c(=O)n1-c1ccc(Cl)cc1. The van der Waals surface area contributed by atoms with Gasteiger partial charge in [-0.2, -0.15) is 0 Å². The smallest absolute Gasteiger partial charge is 0.277 e. The minimum absolute atomic E-state index is 0.0138. The van der Waals surface area contributed by atoms with E-state index in [1.165, 1.54) is 28.6 Å². The molecule has 28 heavy (non-hydrogen) atoms. The molecule has 0 unspecified atom stereocenters. The number of rotatable bonds is 3. The molecular formula is C20H15ClN4O3. The zero-order valence-corrected chi connectivity index (χ0v) is 15.8. The van der Waals surface area contributed by atoms with Gasteiger partial charge in [0.2, 0.25) is 0 Å². The van der Waals surface area contributed by atoms with Gasteiger partial charge >= 0.3 is 0 Å². The van der Waals surface area contributed by atoms with Crippen LogP contribution in [0.1, 0.15) is 21.7 Å². The lowest BCUT2D eigenvalue weighted by Crippen LogP contribution is -2.23. The molecule has 8 heteroatoms. The number of aromatic nitrogens is 4. The number of halogens is 1. The van der Waals surface area contributed by atoms with Gasteiger partial charge in [-0.25, -0.2) is 4.98 Å². The fourth-order valence-electron chi connectivity index (χ4n) is 3.11. The average molecular weight is 395 g/mol. The van der Waals surface area contributed by atoms with Crippen LogP contribution in [0, 0.1) is 6.92 Å². The molecule has 140 valence electrons. The molecule has 1 N–H and O–H groups in total. The van der Waals surface area contributed by atoms with Gasteiger partial charge in [-0.1, -0.05) is 11.6 Å². The molecule has 4 aromatic rings. The quantitative estimate of drug-likeness (QED) is 0.541. The van der Waals surface area contributed by atoms with Crippen molar-refractivity contribution in [2.75, 3.05) is 0 Å². The lowest BCUT2D eigenvalue weighted by Gasteiger charge is -2.11. The lowest BCUT2D eigenvalue weighted by atomic mass is 10.0. The largest absolute Gasteiger partial charge is 0.302 e. The molecule has 0 spiro atoms. The van der Waals surface area contributed by atoms with E-state index in [1.54, 1.807) is 43.3 Å². The van der Waals surface area contributed by atoms with Crippen LogP contribution in [0.3, 0.4) is 0 Å². The Balaban J connectivity index is 1.91. The summed E-state index contributed by atoms with van der Waals surface area (Å²) in [6, 6.07) is 11.5. The first kappa shape index (κ1) is 17.9. The molecule has 0 bridgehead atoms. The zero-order valence-electron chi connectivity index (χ0n) is 15.1. The van der Waals surface area contributed by atoms with Crippen molar-refractivity contribution in [2.24, 2.45) is 7.05 Å². The Hall–Kier alpha value is -3.45. The Morgan fingerprint density at radius 3 is 2.43 bits per heavy atom. The number of aromatic amines is 1. The Labute approximate surface area is 163 Å². The molecule has 0 aliphatic heterocycles. The molecule has 4 rings (SSSR count). The monoisotopic (exact) mass is 394 g/mol. The molecular weight excluding hydrogens is 380 g/mol. The number of hydrogen-bond acceptors (Lipinski definition) is 4. The fourth-order valence-corrected chi connectivity index (χ4v) is 3.24. The average Bonchev–Trinajstić information content (AvgIpc) is 3.01. The summed E-state index contributed by atoms with van der Waals surface area (Å²) in [5, 5.41) is 3.52. The van der Waals surface area contributed by atoms with Gasteiger partial charge in [0, 0.05) is 23.8 Å². The van der Waals surface area contributed by atoms with Crippen molar-refractivity contribution in [1.82, 2.24) is 19.3 Å². The zero-order chi connectivity index (χ0) is 20.0. The standard InChI is InChI=1S/C20H15ClN4O3/c1-11-23-17-8-3-12(18(26)16-10-22-24(2)19(16)27)9-15(17)20(28)25(11)14-6-4-13(21)5-7-14/h3-10,22H,1-2H3. The first-order valence-corrected chi connectivity index (χ1v) is 8.83. The van der Waals surface area contributed by atoms with Gasteiger partial charge in [0.25, 0.3) is 11.1 Å². The van der Waals surface area contributed by atoms with Crippen LogP contribution < -0.4 is 11.1 Å². The van der Waals surface area contributed by atoms with E-state index in [2.05, 4.69) is 10.1 Å². The number of H-pyrrole nitrogens is 1. The van der Waals surface area contributed by atoms with E-state index in [0.29, 0.717) is 27.4 Å². The molecule has 0 aliphatic rings. The van der Waals surface area contributed by atoms with Crippen LogP contribution in [0.25, 0.3) is 16.6 Å². The molecule has 0 saturated carbocycles. The number of carbonyl (C=O) groups is 1. The van der Waals surface area contributed by atoms with E-state index in [4.69, 9.17) is 11.6 Å². The summed E-state index contributed by atoms with van der Waals surface area (Å²) in [5.41, 5.74) is 0.630. The number of benzene rings is 2. The van der Waals surface area contributed by atoms with Crippen LogP contribution in [-0.4, -0.2) is 25.1 Å². The van der Waals surface area contributed by atoms with Gasteiger partial charge in [0.05, 0.1) is 16.6 Å². The first-order chi connectivity index (χ1) is 13.4. The maximum absolute atomic E-state index is 13.1. The summed E-state index contributed by atoms with van der Waals surface area (Å²) in [7, 11) is 1.52. The Morgan fingerprint density at radius 2 is 1.79 bits per heavy atom. The van der Waals surface area contributed by atoms with Crippen molar-refractivity contribution in [2.45, 2.75) is 6.92 Å². The second-order valence-corrected chi connectivity index (χ2v) is 6.82. The second kappa shape index (κ2) is 6.61. The maximum atomic E-state index is 13.1. The third-order valence-corrected chi connectivity index (χ3v) is 4.82. The van der Waals surface area contributed by atoms with E-state index in [-0.39, 0.29) is 16.7 Å². The number of nitrogens with zero attached hydrogens (tertiary/aromatic N) is 3. The van der Waals surface area contributed by atoms with E-state index >= 15 is 0 Å². The predicted molar refractivity (Wildman–Crippen MR) is 107 cm³/mol. The molecule has 2 aromatic heterocycles. The van der Waals surface area contributed by atoms with Crippen LogP contribution in [0.4, 0.5) is 0 Å².